The van der Waals surface area contributed by atoms with Gasteiger partial charge in [0.15, 0.2) is 0 Å². The molecule has 0 amide bonds. The number of nitrogen functional groups attached to an aromatic ring is 1. The van der Waals surface area contributed by atoms with E-state index in [0.29, 0.717) is 5.82 Å². The third-order valence-electron chi connectivity index (χ3n) is 1.04. The number of rotatable bonds is 0. The molecule has 10 heavy (non-hydrogen) atoms. The van der Waals surface area contributed by atoms with Crippen LogP contribution in [0.3, 0.4) is 0 Å². The first-order chi connectivity index (χ1) is 3.70. The van der Waals surface area contributed by atoms with Crippen molar-refractivity contribution >= 4 is 30.6 Å². The fourth-order valence-corrected chi connectivity index (χ4v) is 0.628. The Morgan fingerprint density at radius 1 is 1.30 bits per heavy atom. The molecule has 3 N–H and O–H groups in total. The highest BCUT2D eigenvalue weighted by molar-refractivity contribution is 5.85. The molecule has 0 radical (unpaired) electrons. The Balaban J connectivity index is 0. The van der Waals surface area contributed by atoms with E-state index in [4.69, 9.17) is 5.73 Å². The van der Waals surface area contributed by atoms with E-state index in [-0.39, 0.29) is 24.8 Å². The second-order valence-electron chi connectivity index (χ2n) is 1.83. The predicted molar refractivity (Wildman–Crippen MR) is 47.0 cm³/mol. The molecule has 0 atom stereocenters. The van der Waals surface area contributed by atoms with Crippen LogP contribution in [0.5, 0.6) is 0 Å². The van der Waals surface area contributed by atoms with Gasteiger partial charge in [0.1, 0.15) is 11.6 Å². The number of aromatic amines is 1. The molecule has 3 nitrogen and oxygen atoms in total. The van der Waals surface area contributed by atoms with Crippen LogP contribution in [0.25, 0.3) is 0 Å². The van der Waals surface area contributed by atoms with Crippen LogP contribution in [0.2, 0.25) is 0 Å². The van der Waals surface area contributed by atoms with Gasteiger partial charge in [-0.2, -0.15) is 0 Å². The quantitative estimate of drug-likeness (QED) is 0.641. The second kappa shape index (κ2) is 4.41. The van der Waals surface area contributed by atoms with Gasteiger partial charge in [0.2, 0.25) is 0 Å². The molecule has 0 aromatic carbocycles. The molecule has 0 saturated carbocycles. The number of imidazole rings is 1. The summed E-state index contributed by atoms with van der Waals surface area (Å²) in [6.07, 6.45) is 0. The number of nitrogens with one attached hydrogen (secondary N) is 1. The minimum Gasteiger partial charge on any atom is -0.382 e. The van der Waals surface area contributed by atoms with E-state index in [0.717, 1.165) is 11.5 Å². The third-order valence-corrected chi connectivity index (χ3v) is 1.04. The Morgan fingerprint density at radius 2 is 1.80 bits per heavy atom. The Bertz CT molecular complexity index is 177. The van der Waals surface area contributed by atoms with Crippen LogP contribution >= 0.6 is 24.8 Å². The molecule has 1 aromatic heterocycles. The van der Waals surface area contributed by atoms with Gasteiger partial charge in [0, 0.05) is 0 Å². The monoisotopic (exact) mass is 183 g/mol. The summed E-state index contributed by atoms with van der Waals surface area (Å²) in [6, 6.07) is 0. The summed E-state index contributed by atoms with van der Waals surface area (Å²) in [6.45, 7) is 3.78. The molecule has 0 saturated heterocycles. The normalized spacial score (nSPS) is 7.80. The van der Waals surface area contributed by atoms with Crippen molar-refractivity contribution in [3.8, 4) is 0 Å². The summed E-state index contributed by atoms with van der Waals surface area (Å²) in [5.74, 6) is 1.47. The van der Waals surface area contributed by atoms with Gasteiger partial charge >= 0.3 is 0 Å². The van der Waals surface area contributed by atoms with Crippen LogP contribution in [0.15, 0.2) is 0 Å². The SMILES string of the molecule is Cc1nc(N)c(C)[nH]1.Cl.Cl. The fourth-order valence-electron chi connectivity index (χ4n) is 0.628. The van der Waals surface area contributed by atoms with Crippen LogP contribution in [0.4, 0.5) is 5.82 Å². The number of halogens is 2. The van der Waals surface area contributed by atoms with Crippen molar-refractivity contribution in [2.24, 2.45) is 0 Å². The predicted octanol–water partition coefficient (Wildman–Crippen LogP) is 1.45. The van der Waals surface area contributed by atoms with Gasteiger partial charge in [-0.3, -0.25) is 0 Å². The number of nitrogens with zero attached hydrogens (tertiary/aromatic N) is 1. The topological polar surface area (TPSA) is 54.7 Å². The molecule has 0 fully saturated rings. The van der Waals surface area contributed by atoms with Crippen molar-refractivity contribution in [3.63, 3.8) is 0 Å². The van der Waals surface area contributed by atoms with Gasteiger partial charge in [-0.25, -0.2) is 4.98 Å². The first-order valence-corrected chi connectivity index (χ1v) is 2.49. The van der Waals surface area contributed by atoms with Crippen molar-refractivity contribution in [1.29, 1.82) is 0 Å². The van der Waals surface area contributed by atoms with Crippen molar-refractivity contribution in [3.05, 3.63) is 11.5 Å². The number of hydrogen-bond acceptors (Lipinski definition) is 2. The van der Waals surface area contributed by atoms with Crippen LogP contribution in [0.1, 0.15) is 11.5 Å². The van der Waals surface area contributed by atoms with Crippen LogP contribution < -0.4 is 5.73 Å². The average molecular weight is 184 g/mol. The molecule has 0 unspecified atom stereocenters. The lowest BCUT2D eigenvalue weighted by atomic mass is 10.5. The third kappa shape index (κ3) is 2.45. The molecule has 1 rings (SSSR count). The summed E-state index contributed by atoms with van der Waals surface area (Å²) in [7, 11) is 0. The number of hydrogen-bond donors (Lipinski definition) is 2. The van der Waals surface area contributed by atoms with Gasteiger partial charge in [0.25, 0.3) is 0 Å². The van der Waals surface area contributed by atoms with E-state index in [1.165, 1.54) is 0 Å². The van der Waals surface area contributed by atoms with Crippen LogP contribution in [0, 0.1) is 13.8 Å². The van der Waals surface area contributed by atoms with E-state index >= 15 is 0 Å². The van der Waals surface area contributed by atoms with Gasteiger partial charge < -0.3 is 10.7 Å². The molecular formula is C5H11Cl2N3. The minimum atomic E-state index is 0. The summed E-state index contributed by atoms with van der Waals surface area (Å²) in [4.78, 5) is 6.90. The molecule has 5 heteroatoms. The van der Waals surface area contributed by atoms with E-state index < -0.39 is 0 Å². The maximum Gasteiger partial charge on any atom is 0.144 e. The van der Waals surface area contributed by atoms with Gasteiger partial charge in [-0.15, -0.1) is 24.8 Å². The summed E-state index contributed by atoms with van der Waals surface area (Å²) in [5.41, 5.74) is 6.35. The molecule has 0 aliphatic heterocycles. The molecule has 1 heterocycles. The highest BCUT2D eigenvalue weighted by Gasteiger charge is 1.94. The lowest BCUT2D eigenvalue weighted by Gasteiger charge is -1.79. The summed E-state index contributed by atoms with van der Waals surface area (Å²) in [5, 5.41) is 0. The molecule has 0 spiro atoms. The van der Waals surface area contributed by atoms with E-state index in [1.807, 2.05) is 13.8 Å². The summed E-state index contributed by atoms with van der Waals surface area (Å²) >= 11 is 0. The smallest absolute Gasteiger partial charge is 0.144 e. The Kier molecular flexibility index (Phi) is 5.42. The maximum atomic E-state index is 5.40. The highest BCUT2D eigenvalue weighted by atomic mass is 35.5. The zero-order chi connectivity index (χ0) is 6.15. The van der Waals surface area contributed by atoms with Crippen molar-refractivity contribution in [2.75, 3.05) is 5.73 Å². The van der Waals surface area contributed by atoms with E-state index in [9.17, 15) is 0 Å². The molecule has 1 aromatic rings. The number of nitrogens with two attached hydrogens (primary N) is 1. The van der Waals surface area contributed by atoms with Gasteiger partial charge in [-0.05, 0) is 13.8 Å². The number of aryl methyl sites for hydroxylation is 2. The van der Waals surface area contributed by atoms with Gasteiger partial charge in [0.05, 0.1) is 5.69 Å². The number of H-pyrrole nitrogens is 1. The second-order valence-corrected chi connectivity index (χ2v) is 1.83. The number of aromatic nitrogens is 2. The molecule has 60 valence electrons. The maximum absolute atomic E-state index is 5.40. The Hall–Kier alpha value is -0.410. The fraction of sp³-hybridized carbons (Fsp3) is 0.400. The lowest BCUT2D eigenvalue weighted by Crippen LogP contribution is -1.85. The Morgan fingerprint density at radius 3 is 1.90 bits per heavy atom. The Labute approximate surface area is 72.2 Å². The van der Waals surface area contributed by atoms with Crippen molar-refractivity contribution < 1.29 is 0 Å². The molecule has 0 bridgehead atoms. The van der Waals surface area contributed by atoms with Crippen LogP contribution in [-0.2, 0) is 0 Å². The lowest BCUT2D eigenvalue weighted by molar-refractivity contribution is 1.13. The van der Waals surface area contributed by atoms with E-state index in [1.54, 1.807) is 0 Å². The molecule has 0 aliphatic rings. The zero-order valence-electron chi connectivity index (χ0n) is 5.84. The zero-order valence-corrected chi connectivity index (χ0v) is 7.47. The van der Waals surface area contributed by atoms with Crippen molar-refractivity contribution in [1.82, 2.24) is 9.97 Å². The first kappa shape index (κ1) is 12.3. The minimum absolute atomic E-state index is 0. The van der Waals surface area contributed by atoms with Crippen LogP contribution in [-0.4, -0.2) is 9.97 Å². The van der Waals surface area contributed by atoms with E-state index in [2.05, 4.69) is 9.97 Å². The largest absolute Gasteiger partial charge is 0.382 e. The van der Waals surface area contributed by atoms with Crippen molar-refractivity contribution in [2.45, 2.75) is 13.8 Å². The van der Waals surface area contributed by atoms with Gasteiger partial charge in [-0.1, -0.05) is 0 Å². The standard InChI is InChI=1S/C5H9N3.2ClH/c1-3-5(6)8-4(2)7-3;;/h6H2,1-2H3,(H,7,8);2*1H. The molecular weight excluding hydrogens is 173 g/mol. The number of anilines is 1. The highest BCUT2D eigenvalue weighted by Crippen LogP contribution is 2.03. The summed E-state index contributed by atoms with van der Waals surface area (Å²) < 4.78 is 0. The first-order valence-electron chi connectivity index (χ1n) is 2.49. The molecule has 0 aliphatic carbocycles. The average Bonchev–Trinajstić information content (AvgIpc) is 1.85.